The number of rotatable bonds is 8. The fraction of sp³-hybridized carbons (Fsp3) is 0.444. The maximum atomic E-state index is 13.6. The summed E-state index contributed by atoms with van der Waals surface area (Å²) in [6.45, 7) is 1.53. The van der Waals surface area contributed by atoms with E-state index in [-0.39, 0.29) is 68.7 Å². The molecule has 2 saturated heterocycles. The lowest BCUT2D eigenvalue weighted by Gasteiger charge is -2.33. The Hall–Kier alpha value is -3.32. The first-order chi connectivity index (χ1) is 18.9. The lowest BCUT2D eigenvalue weighted by Crippen LogP contribution is -2.39. The highest BCUT2D eigenvalue weighted by molar-refractivity contribution is 7.93. The molecule has 2 aliphatic rings. The molecule has 0 bridgehead atoms. The van der Waals surface area contributed by atoms with Crippen LogP contribution < -0.4 is 19.8 Å². The minimum Gasteiger partial charge on any atom is -0.395 e. The van der Waals surface area contributed by atoms with E-state index in [0.29, 0.717) is 17.1 Å². The molecule has 3 N–H and O–H groups in total. The van der Waals surface area contributed by atoms with Gasteiger partial charge in [-0.15, -0.1) is 0 Å². The van der Waals surface area contributed by atoms with E-state index in [0.717, 1.165) is 0 Å². The average molecular weight is 585 g/mol. The Morgan fingerprint density at radius 2 is 1.68 bits per heavy atom. The number of alkyl halides is 2. The van der Waals surface area contributed by atoms with Gasteiger partial charge < -0.3 is 20.2 Å². The van der Waals surface area contributed by atoms with Crippen LogP contribution in [-0.2, 0) is 10.0 Å². The summed E-state index contributed by atoms with van der Waals surface area (Å²) in [5, 5.41) is 11.0. The second-order valence-electron chi connectivity index (χ2n) is 10.1. The molecule has 0 unspecified atom stereocenters. The van der Waals surface area contributed by atoms with Crippen LogP contribution in [0.1, 0.15) is 43.0 Å². The Morgan fingerprint density at radius 3 is 2.30 bits per heavy atom. The minimum absolute atomic E-state index is 0.0446. The van der Waals surface area contributed by atoms with Gasteiger partial charge in [-0.1, -0.05) is 6.07 Å². The molecule has 13 heteroatoms. The van der Waals surface area contributed by atoms with Gasteiger partial charge in [0.2, 0.25) is 10.0 Å². The molecule has 4 rings (SSSR count). The largest absolute Gasteiger partial charge is 0.395 e. The van der Waals surface area contributed by atoms with Gasteiger partial charge in [0, 0.05) is 50.4 Å². The first kappa shape index (κ1) is 29.7. The molecule has 2 heterocycles. The summed E-state index contributed by atoms with van der Waals surface area (Å²) in [6.07, 6.45) is -2.03. The van der Waals surface area contributed by atoms with E-state index in [4.69, 9.17) is 0 Å². The number of sulfonamides is 1. The zero-order valence-corrected chi connectivity index (χ0v) is 22.8. The van der Waals surface area contributed by atoms with Crippen LogP contribution in [0.25, 0.3) is 0 Å². The molecule has 2 aliphatic heterocycles. The third kappa shape index (κ3) is 7.05. The number of aliphatic hydroxyl groups is 1. The topological polar surface area (TPSA) is 102 Å². The quantitative estimate of drug-likeness (QED) is 0.376. The van der Waals surface area contributed by atoms with Gasteiger partial charge in [0.25, 0.3) is 17.9 Å². The molecule has 0 aliphatic carbocycles. The van der Waals surface area contributed by atoms with Crippen molar-refractivity contribution in [3.63, 3.8) is 0 Å². The van der Waals surface area contributed by atoms with Gasteiger partial charge in [-0.3, -0.25) is 9.52 Å². The number of amides is 1. The van der Waals surface area contributed by atoms with Gasteiger partial charge in [-0.05, 0) is 61.7 Å². The molecule has 2 fully saturated rings. The lowest BCUT2D eigenvalue weighted by molar-refractivity contribution is -0.0220. The predicted octanol–water partition coefficient (Wildman–Crippen LogP) is 5.05. The zero-order valence-electron chi connectivity index (χ0n) is 22.0. The van der Waals surface area contributed by atoms with E-state index in [1.165, 1.54) is 25.1 Å². The van der Waals surface area contributed by atoms with Crippen LogP contribution in [0.5, 0.6) is 0 Å². The first-order valence-corrected chi connectivity index (χ1v) is 14.5. The second-order valence-corrected chi connectivity index (χ2v) is 12.2. The lowest BCUT2D eigenvalue weighted by atomic mass is 10.0. The third-order valence-electron chi connectivity index (χ3n) is 7.23. The monoisotopic (exact) mass is 584 g/mol. The Balaban J connectivity index is 1.59. The summed E-state index contributed by atoms with van der Waals surface area (Å²) in [7, 11) is -3.91. The van der Waals surface area contributed by atoms with Crippen molar-refractivity contribution in [2.45, 2.75) is 43.8 Å². The maximum Gasteiger partial charge on any atom is 0.269 e. The van der Waals surface area contributed by atoms with Crippen LogP contribution in [0.4, 0.5) is 40.3 Å². The van der Waals surface area contributed by atoms with Crippen molar-refractivity contribution >= 4 is 38.7 Å². The van der Waals surface area contributed by atoms with Crippen molar-refractivity contribution in [3.8, 4) is 0 Å². The van der Waals surface area contributed by atoms with Gasteiger partial charge >= 0.3 is 0 Å². The number of hydrogen-bond acceptors (Lipinski definition) is 6. The molecular weight excluding hydrogens is 552 g/mol. The fourth-order valence-electron chi connectivity index (χ4n) is 4.69. The van der Waals surface area contributed by atoms with E-state index in [1.54, 1.807) is 29.2 Å². The Bertz CT molecular complexity index is 1360. The van der Waals surface area contributed by atoms with Crippen molar-refractivity contribution in [2.75, 3.05) is 52.6 Å². The summed E-state index contributed by atoms with van der Waals surface area (Å²) in [5.74, 6) is -3.19. The van der Waals surface area contributed by atoms with Gasteiger partial charge in [-0.2, -0.15) is 8.78 Å². The molecule has 0 saturated carbocycles. The van der Waals surface area contributed by atoms with E-state index in [1.807, 2.05) is 4.90 Å². The highest BCUT2D eigenvalue weighted by Crippen LogP contribution is 2.33. The molecule has 0 radical (unpaired) electrons. The number of nitrogens with one attached hydrogen (secondary N) is 2. The standard InChI is InChI=1S/C27H32F4N4O4S/c1-18(17-36)40(38,39)33-21-5-6-23(24(16-21)35-11-7-19(8-12-35)25(28)29)26(37)32-20-3-2-4-22(15-20)34-13-9-27(30,31)10-14-34/h2-6,15-16,18,33,36H,7-14,17H2,1H3,(H,32,37)/t18-/m1/s1. The molecule has 1 amide bonds. The number of piperidine rings is 2. The van der Waals surface area contributed by atoms with Crippen molar-refractivity contribution in [1.82, 2.24) is 0 Å². The zero-order chi connectivity index (χ0) is 29.1. The highest BCUT2D eigenvalue weighted by atomic mass is 32.2. The van der Waals surface area contributed by atoms with Crippen molar-refractivity contribution < 1.29 is 35.9 Å². The molecular formula is C27H32F4N4O4S. The maximum absolute atomic E-state index is 13.6. The highest BCUT2D eigenvalue weighted by Gasteiger charge is 2.34. The molecule has 1 atom stereocenters. The SMILES string of the molecule is C[C@H](CO)S(=O)(=O)Nc1ccc(C(=O)Nc2cccc(N3CCC(F)(F)CC3)c2)c(N2CCC(=C(F)F)CC2)c1. The number of nitrogens with zero attached hydrogens (tertiary/aromatic N) is 2. The molecule has 40 heavy (non-hydrogen) atoms. The number of aliphatic hydroxyl groups excluding tert-OH is 1. The van der Waals surface area contributed by atoms with Crippen LogP contribution in [0.3, 0.4) is 0 Å². The summed E-state index contributed by atoms with van der Waals surface area (Å²) in [4.78, 5) is 17.0. The van der Waals surface area contributed by atoms with Gasteiger partial charge in [-0.25, -0.2) is 17.2 Å². The number of hydrogen-bond donors (Lipinski definition) is 3. The summed E-state index contributed by atoms with van der Waals surface area (Å²) < 4.78 is 80.8. The smallest absolute Gasteiger partial charge is 0.269 e. The minimum atomic E-state index is -3.91. The Labute approximate surface area is 230 Å². The fourth-order valence-corrected chi connectivity index (χ4v) is 5.54. The van der Waals surface area contributed by atoms with Crippen LogP contribution in [0, 0.1) is 0 Å². The molecule has 8 nitrogen and oxygen atoms in total. The van der Waals surface area contributed by atoms with Gasteiger partial charge in [0.15, 0.2) is 0 Å². The van der Waals surface area contributed by atoms with E-state index < -0.39 is 39.8 Å². The van der Waals surface area contributed by atoms with Gasteiger partial charge in [0.1, 0.15) is 5.25 Å². The van der Waals surface area contributed by atoms with Gasteiger partial charge in [0.05, 0.1) is 23.5 Å². The normalized spacial score (nSPS) is 18.3. The molecule has 2 aromatic carbocycles. The third-order valence-corrected chi connectivity index (χ3v) is 8.96. The van der Waals surface area contributed by atoms with Crippen LogP contribution >= 0.6 is 0 Å². The molecule has 0 aromatic heterocycles. The van der Waals surface area contributed by atoms with Crippen molar-refractivity contribution in [1.29, 1.82) is 0 Å². The van der Waals surface area contributed by atoms with Crippen LogP contribution in [0.15, 0.2) is 54.1 Å². The van der Waals surface area contributed by atoms with Crippen LogP contribution in [-0.4, -0.2) is 63.4 Å². The van der Waals surface area contributed by atoms with E-state index >= 15 is 0 Å². The predicted molar refractivity (Wildman–Crippen MR) is 147 cm³/mol. The number of anilines is 4. The Morgan fingerprint density at radius 1 is 1.00 bits per heavy atom. The van der Waals surface area contributed by atoms with E-state index in [2.05, 4.69) is 10.0 Å². The van der Waals surface area contributed by atoms with Crippen molar-refractivity contribution in [2.24, 2.45) is 0 Å². The summed E-state index contributed by atoms with van der Waals surface area (Å²) >= 11 is 0. The number of benzene rings is 2. The second kappa shape index (κ2) is 12.0. The van der Waals surface area contributed by atoms with E-state index in [9.17, 15) is 35.9 Å². The summed E-state index contributed by atoms with van der Waals surface area (Å²) in [5.41, 5.74) is 1.91. The molecule has 2 aromatic rings. The molecule has 218 valence electrons. The first-order valence-electron chi connectivity index (χ1n) is 13.0. The number of carbonyl (C=O) groups excluding carboxylic acids is 1. The number of halogens is 4. The molecule has 0 spiro atoms. The number of carbonyl (C=O) groups is 1. The summed E-state index contributed by atoms with van der Waals surface area (Å²) in [6, 6.07) is 11.2. The van der Waals surface area contributed by atoms with Crippen LogP contribution in [0.2, 0.25) is 0 Å². The average Bonchev–Trinajstić information content (AvgIpc) is 2.92. The Kier molecular flexibility index (Phi) is 8.93. The van der Waals surface area contributed by atoms with Crippen molar-refractivity contribution in [3.05, 3.63) is 59.7 Å².